The molecule has 0 aliphatic carbocycles. The topological polar surface area (TPSA) is 48.1 Å². The summed E-state index contributed by atoms with van der Waals surface area (Å²) in [6.07, 6.45) is 0. The van der Waals surface area contributed by atoms with Crippen LogP contribution in [0.2, 0.25) is 0 Å². The van der Waals surface area contributed by atoms with Gasteiger partial charge in [0.1, 0.15) is 12.4 Å². The summed E-state index contributed by atoms with van der Waals surface area (Å²) < 4.78 is 6.61. The van der Waals surface area contributed by atoms with Crippen LogP contribution in [0.1, 0.15) is 5.01 Å². The lowest BCUT2D eigenvalue weighted by atomic mass is 10.3. The van der Waals surface area contributed by atoms with Crippen molar-refractivity contribution in [3.05, 3.63) is 23.2 Å². The molecule has 0 spiro atoms. The molecule has 1 heterocycles. The summed E-state index contributed by atoms with van der Waals surface area (Å²) in [5.74, 6) is 0.841. The molecule has 0 saturated carbocycles. The Labute approximate surface area is 86.5 Å². The van der Waals surface area contributed by atoms with E-state index in [1.807, 2.05) is 25.1 Å². The standard InChI is InChI=1S/C10H12N2OS/c1-7-12-9-6-8(13-5-4-11)2-3-10(9)14-7/h2-3,6H,4-5,11H2,1H3. The van der Waals surface area contributed by atoms with Gasteiger partial charge < -0.3 is 10.5 Å². The van der Waals surface area contributed by atoms with Gasteiger partial charge in [0.25, 0.3) is 0 Å². The highest BCUT2D eigenvalue weighted by Crippen LogP contribution is 2.25. The van der Waals surface area contributed by atoms with E-state index >= 15 is 0 Å². The van der Waals surface area contributed by atoms with Crippen molar-refractivity contribution in [2.45, 2.75) is 6.92 Å². The van der Waals surface area contributed by atoms with E-state index in [4.69, 9.17) is 10.5 Å². The number of rotatable bonds is 3. The Balaban J connectivity index is 2.31. The fraction of sp³-hybridized carbons (Fsp3) is 0.300. The predicted octanol–water partition coefficient (Wildman–Crippen LogP) is 1.94. The zero-order chi connectivity index (χ0) is 9.97. The molecule has 1 aromatic carbocycles. The number of nitrogens with two attached hydrogens (primary N) is 1. The van der Waals surface area contributed by atoms with E-state index in [1.54, 1.807) is 11.3 Å². The molecule has 0 fully saturated rings. The van der Waals surface area contributed by atoms with Crippen LogP contribution in [0.25, 0.3) is 10.2 Å². The normalized spacial score (nSPS) is 10.7. The van der Waals surface area contributed by atoms with Gasteiger partial charge in [0, 0.05) is 12.6 Å². The maximum absolute atomic E-state index is 5.41. The maximum Gasteiger partial charge on any atom is 0.121 e. The molecular weight excluding hydrogens is 196 g/mol. The van der Waals surface area contributed by atoms with E-state index in [-0.39, 0.29) is 0 Å². The fourth-order valence-electron chi connectivity index (χ4n) is 1.29. The summed E-state index contributed by atoms with van der Waals surface area (Å²) in [5.41, 5.74) is 6.36. The highest BCUT2D eigenvalue weighted by molar-refractivity contribution is 7.18. The van der Waals surface area contributed by atoms with E-state index in [2.05, 4.69) is 4.98 Å². The highest BCUT2D eigenvalue weighted by atomic mass is 32.1. The van der Waals surface area contributed by atoms with Gasteiger partial charge in [0.15, 0.2) is 0 Å². The van der Waals surface area contributed by atoms with Gasteiger partial charge in [-0.15, -0.1) is 11.3 Å². The molecule has 0 bridgehead atoms. The number of fused-ring (bicyclic) bond motifs is 1. The first kappa shape index (κ1) is 9.43. The molecule has 0 unspecified atom stereocenters. The first-order valence-corrected chi connectivity index (χ1v) is 5.31. The van der Waals surface area contributed by atoms with Gasteiger partial charge in [-0.05, 0) is 19.1 Å². The number of thiazole rings is 1. The Morgan fingerprint density at radius 3 is 3.14 bits per heavy atom. The second kappa shape index (κ2) is 3.94. The monoisotopic (exact) mass is 208 g/mol. The Morgan fingerprint density at radius 1 is 1.50 bits per heavy atom. The lowest BCUT2D eigenvalue weighted by Gasteiger charge is -2.02. The number of aryl methyl sites for hydroxylation is 1. The first-order chi connectivity index (χ1) is 6.79. The summed E-state index contributed by atoms with van der Waals surface area (Å²) in [6.45, 7) is 3.09. The predicted molar refractivity (Wildman–Crippen MR) is 58.9 cm³/mol. The minimum absolute atomic E-state index is 0.536. The van der Waals surface area contributed by atoms with Crippen LogP contribution in [0.3, 0.4) is 0 Å². The van der Waals surface area contributed by atoms with Crippen molar-refractivity contribution in [3.63, 3.8) is 0 Å². The molecule has 0 aliphatic heterocycles. The second-order valence-electron chi connectivity index (χ2n) is 3.00. The Hall–Kier alpha value is -1.13. The molecule has 0 saturated heterocycles. The molecule has 74 valence electrons. The molecule has 0 atom stereocenters. The summed E-state index contributed by atoms with van der Waals surface area (Å²) in [5, 5.41) is 1.08. The molecule has 3 nitrogen and oxygen atoms in total. The van der Waals surface area contributed by atoms with Crippen molar-refractivity contribution in [2.24, 2.45) is 5.73 Å². The first-order valence-electron chi connectivity index (χ1n) is 4.49. The quantitative estimate of drug-likeness (QED) is 0.838. The SMILES string of the molecule is Cc1nc2cc(OCCN)ccc2s1. The average Bonchev–Trinajstić information content (AvgIpc) is 2.54. The molecule has 0 radical (unpaired) electrons. The fourth-order valence-corrected chi connectivity index (χ4v) is 2.10. The lowest BCUT2D eigenvalue weighted by molar-refractivity contribution is 0.329. The van der Waals surface area contributed by atoms with Crippen molar-refractivity contribution in [2.75, 3.05) is 13.2 Å². The minimum Gasteiger partial charge on any atom is -0.492 e. The third-order valence-corrected chi connectivity index (χ3v) is 2.80. The minimum atomic E-state index is 0.536. The van der Waals surface area contributed by atoms with E-state index in [0.717, 1.165) is 16.3 Å². The van der Waals surface area contributed by atoms with Crippen molar-refractivity contribution in [3.8, 4) is 5.75 Å². The van der Waals surface area contributed by atoms with E-state index in [1.165, 1.54) is 4.70 Å². The van der Waals surface area contributed by atoms with Crippen LogP contribution in [0, 0.1) is 6.92 Å². The van der Waals surface area contributed by atoms with Crippen LogP contribution in [0.5, 0.6) is 5.75 Å². The molecule has 2 aromatic rings. The van der Waals surface area contributed by atoms with E-state index in [9.17, 15) is 0 Å². The molecule has 2 rings (SSSR count). The van der Waals surface area contributed by atoms with Crippen molar-refractivity contribution < 1.29 is 4.74 Å². The molecule has 2 N–H and O–H groups in total. The van der Waals surface area contributed by atoms with Crippen LogP contribution < -0.4 is 10.5 Å². The van der Waals surface area contributed by atoms with Gasteiger partial charge in [-0.25, -0.2) is 4.98 Å². The highest BCUT2D eigenvalue weighted by Gasteiger charge is 2.01. The van der Waals surface area contributed by atoms with Crippen LogP contribution >= 0.6 is 11.3 Å². The summed E-state index contributed by atoms with van der Waals surface area (Å²) in [6, 6.07) is 5.94. The number of hydrogen-bond donors (Lipinski definition) is 1. The molecular formula is C10H12N2OS. The second-order valence-corrected chi connectivity index (χ2v) is 4.23. The van der Waals surface area contributed by atoms with Crippen LogP contribution in [-0.4, -0.2) is 18.1 Å². The zero-order valence-electron chi connectivity index (χ0n) is 7.99. The molecule has 0 aliphatic rings. The third kappa shape index (κ3) is 1.86. The summed E-state index contributed by atoms with van der Waals surface area (Å²) >= 11 is 1.69. The lowest BCUT2D eigenvalue weighted by Crippen LogP contribution is -2.10. The molecule has 0 amide bonds. The molecule has 14 heavy (non-hydrogen) atoms. The van der Waals surface area contributed by atoms with Gasteiger partial charge in [-0.3, -0.25) is 0 Å². The van der Waals surface area contributed by atoms with Crippen molar-refractivity contribution in [1.82, 2.24) is 4.98 Å². The number of nitrogens with zero attached hydrogens (tertiary/aromatic N) is 1. The van der Waals surface area contributed by atoms with Gasteiger partial charge in [0.05, 0.1) is 15.2 Å². The van der Waals surface area contributed by atoms with Gasteiger partial charge in [-0.1, -0.05) is 0 Å². The zero-order valence-corrected chi connectivity index (χ0v) is 8.80. The van der Waals surface area contributed by atoms with E-state index in [0.29, 0.717) is 13.2 Å². The number of benzene rings is 1. The Kier molecular flexibility index (Phi) is 2.65. The van der Waals surface area contributed by atoms with Crippen LogP contribution in [-0.2, 0) is 0 Å². The molecule has 1 aromatic heterocycles. The number of ether oxygens (including phenoxy) is 1. The maximum atomic E-state index is 5.41. The molecule has 4 heteroatoms. The smallest absolute Gasteiger partial charge is 0.121 e. The van der Waals surface area contributed by atoms with Crippen molar-refractivity contribution >= 4 is 21.6 Å². The summed E-state index contributed by atoms with van der Waals surface area (Å²) in [4.78, 5) is 4.39. The summed E-state index contributed by atoms with van der Waals surface area (Å²) in [7, 11) is 0. The third-order valence-electron chi connectivity index (χ3n) is 1.85. The van der Waals surface area contributed by atoms with Crippen LogP contribution in [0.15, 0.2) is 18.2 Å². The Bertz CT molecular complexity index is 439. The number of aromatic nitrogens is 1. The van der Waals surface area contributed by atoms with Crippen molar-refractivity contribution in [1.29, 1.82) is 0 Å². The van der Waals surface area contributed by atoms with Gasteiger partial charge in [-0.2, -0.15) is 0 Å². The largest absolute Gasteiger partial charge is 0.492 e. The van der Waals surface area contributed by atoms with Gasteiger partial charge >= 0.3 is 0 Å². The van der Waals surface area contributed by atoms with Gasteiger partial charge in [0.2, 0.25) is 0 Å². The number of hydrogen-bond acceptors (Lipinski definition) is 4. The van der Waals surface area contributed by atoms with Crippen LogP contribution in [0.4, 0.5) is 0 Å². The average molecular weight is 208 g/mol. The van der Waals surface area contributed by atoms with E-state index < -0.39 is 0 Å². The Morgan fingerprint density at radius 2 is 2.36 bits per heavy atom.